The quantitative estimate of drug-likeness (QED) is 0.453. The van der Waals surface area contributed by atoms with Crippen molar-refractivity contribution in [3.63, 3.8) is 0 Å². The number of halogens is 2. The third-order valence-corrected chi connectivity index (χ3v) is 3.83. The van der Waals surface area contributed by atoms with Crippen molar-refractivity contribution in [2.45, 2.75) is 6.92 Å². The lowest BCUT2D eigenvalue weighted by Gasteiger charge is -2.16. The highest BCUT2D eigenvalue weighted by atomic mass is 79.9. The number of aromatic nitrogens is 1. The molecule has 1 aromatic heterocycles. The lowest BCUT2D eigenvalue weighted by Crippen LogP contribution is -2.29. The first-order valence-electron chi connectivity index (χ1n) is 7.02. The minimum atomic E-state index is -0.664. The highest BCUT2D eigenvalue weighted by molar-refractivity contribution is 9.10. The van der Waals surface area contributed by atoms with Gasteiger partial charge < -0.3 is 9.88 Å². The molecule has 0 radical (unpaired) electrons. The van der Waals surface area contributed by atoms with E-state index in [0.717, 1.165) is 0 Å². The second kappa shape index (κ2) is 7.92. The average molecular weight is 409 g/mol. The third-order valence-electron chi connectivity index (χ3n) is 3.34. The summed E-state index contributed by atoms with van der Waals surface area (Å²) in [6, 6.07) is 4.37. The molecule has 0 spiro atoms. The van der Waals surface area contributed by atoms with Gasteiger partial charge in [0.15, 0.2) is 0 Å². The molecular formula is C16H14BrFN4O3. The fraction of sp³-hybridized carbons (Fsp3) is 0.188. The molecule has 7 nitrogen and oxygen atoms in total. The number of benzene rings is 1. The van der Waals surface area contributed by atoms with Crippen molar-refractivity contribution >= 4 is 33.2 Å². The van der Waals surface area contributed by atoms with Crippen molar-refractivity contribution in [2.24, 2.45) is 7.05 Å². The molecule has 0 aliphatic rings. The predicted octanol–water partition coefficient (Wildman–Crippen LogP) is 2.88. The minimum absolute atomic E-state index is 0.0758. The summed E-state index contributed by atoms with van der Waals surface area (Å²) in [5.41, 5.74) is 2.36. The van der Waals surface area contributed by atoms with Gasteiger partial charge in [-0.05, 0) is 25.1 Å². The number of carbonyl (C=O) groups is 1. The van der Waals surface area contributed by atoms with Gasteiger partial charge in [-0.1, -0.05) is 15.9 Å². The Bertz CT molecular complexity index is 921. The topological polar surface area (TPSA) is 76.7 Å². The van der Waals surface area contributed by atoms with Gasteiger partial charge in [0.05, 0.1) is 16.9 Å². The summed E-state index contributed by atoms with van der Waals surface area (Å²) in [6.07, 6.45) is 1.31. The zero-order chi connectivity index (χ0) is 18.6. The number of aryl methyl sites for hydroxylation is 1. The van der Waals surface area contributed by atoms with Crippen LogP contribution in [0.4, 0.5) is 15.8 Å². The SMILES string of the molecule is [C-]#[N+]CONC(=O)c1cn(C)c(=O)c(C)c1Nc1ccc(Br)cc1F. The zero-order valence-corrected chi connectivity index (χ0v) is 15.0. The molecule has 9 heteroatoms. The number of carbonyl (C=O) groups excluding carboxylic acids is 1. The summed E-state index contributed by atoms with van der Waals surface area (Å²) in [5, 5.41) is 2.79. The van der Waals surface area contributed by atoms with Crippen LogP contribution in [0.3, 0.4) is 0 Å². The molecule has 1 amide bonds. The molecule has 130 valence electrons. The van der Waals surface area contributed by atoms with E-state index < -0.39 is 11.7 Å². The zero-order valence-electron chi connectivity index (χ0n) is 13.4. The Morgan fingerprint density at radius 2 is 2.20 bits per heavy atom. The smallest absolute Gasteiger partial charge is 0.338 e. The Morgan fingerprint density at radius 1 is 1.48 bits per heavy atom. The highest BCUT2D eigenvalue weighted by Crippen LogP contribution is 2.26. The van der Waals surface area contributed by atoms with Crippen LogP contribution in [-0.2, 0) is 11.9 Å². The number of nitrogens with zero attached hydrogens (tertiary/aromatic N) is 2. The summed E-state index contributed by atoms with van der Waals surface area (Å²) < 4.78 is 15.9. The van der Waals surface area contributed by atoms with Gasteiger partial charge in [0.1, 0.15) is 5.82 Å². The van der Waals surface area contributed by atoms with Crippen LogP contribution in [0.15, 0.2) is 33.7 Å². The number of nitrogens with one attached hydrogen (secondary N) is 2. The summed E-state index contributed by atoms with van der Waals surface area (Å²) in [7, 11) is 1.50. The summed E-state index contributed by atoms with van der Waals surface area (Å²) in [4.78, 5) is 32.1. The van der Waals surface area contributed by atoms with E-state index in [9.17, 15) is 14.0 Å². The lowest BCUT2D eigenvalue weighted by molar-refractivity contribution is 0.0416. The van der Waals surface area contributed by atoms with Crippen LogP contribution >= 0.6 is 15.9 Å². The molecule has 2 aromatic rings. The molecule has 0 unspecified atom stereocenters. The molecular weight excluding hydrogens is 395 g/mol. The number of anilines is 2. The van der Waals surface area contributed by atoms with Gasteiger partial charge in [-0.15, -0.1) is 0 Å². The molecule has 1 aromatic carbocycles. The Morgan fingerprint density at radius 3 is 2.84 bits per heavy atom. The fourth-order valence-electron chi connectivity index (χ4n) is 2.13. The number of hydroxylamine groups is 1. The maximum atomic E-state index is 14.1. The van der Waals surface area contributed by atoms with E-state index in [-0.39, 0.29) is 34.8 Å². The molecule has 0 saturated heterocycles. The van der Waals surface area contributed by atoms with Gasteiger partial charge in [0.2, 0.25) is 0 Å². The van der Waals surface area contributed by atoms with Gasteiger partial charge >= 0.3 is 6.73 Å². The predicted molar refractivity (Wildman–Crippen MR) is 93.8 cm³/mol. The number of hydrogen-bond acceptors (Lipinski definition) is 4. The Balaban J connectivity index is 2.48. The van der Waals surface area contributed by atoms with Crippen LogP contribution in [0.1, 0.15) is 15.9 Å². The molecule has 0 atom stereocenters. The van der Waals surface area contributed by atoms with Crippen LogP contribution in [0.2, 0.25) is 0 Å². The monoisotopic (exact) mass is 408 g/mol. The van der Waals surface area contributed by atoms with Gasteiger partial charge in [-0.3, -0.25) is 14.4 Å². The molecule has 0 saturated carbocycles. The van der Waals surface area contributed by atoms with E-state index in [1.165, 1.54) is 36.9 Å². The van der Waals surface area contributed by atoms with Crippen molar-refractivity contribution in [1.82, 2.24) is 10.0 Å². The van der Waals surface area contributed by atoms with Gasteiger partial charge in [-0.2, -0.15) is 4.84 Å². The highest BCUT2D eigenvalue weighted by Gasteiger charge is 2.19. The van der Waals surface area contributed by atoms with Crippen molar-refractivity contribution in [1.29, 1.82) is 0 Å². The molecule has 25 heavy (non-hydrogen) atoms. The average Bonchev–Trinajstić information content (AvgIpc) is 2.57. The molecule has 0 fully saturated rings. The second-order valence-electron chi connectivity index (χ2n) is 5.07. The molecule has 0 bridgehead atoms. The first-order chi connectivity index (χ1) is 11.8. The van der Waals surface area contributed by atoms with Gasteiger partial charge in [0, 0.05) is 23.3 Å². The van der Waals surface area contributed by atoms with E-state index in [4.69, 9.17) is 11.4 Å². The van der Waals surface area contributed by atoms with Gasteiger partial charge in [-0.25, -0.2) is 16.4 Å². The number of amides is 1. The fourth-order valence-corrected chi connectivity index (χ4v) is 2.47. The summed E-state index contributed by atoms with van der Waals surface area (Å²) in [5.74, 6) is -1.22. The maximum absolute atomic E-state index is 14.1. The van der Waals surface area contributed by atoms with E-state index in [1.54, 1.807) is 6.07 Å². The molecule has 0 aliphatic carbocycles. The first-order valence-corrected chi connectivity index (χ1v) is 7.82. The minimum Gasteiger partial charge on any atom is -0.352 e. The van der Waals surface area contributed by atoms with E-state index in [0.29, 0.717) is 4.47 Å². The van der Waals surface area contributed by atoms with Crippen LogP contribution in [0.25, 0.3) is 4.85 Å². The number of hydrogen-bond donors (Lipinski definition) is 2. The molecule has 2 N–H and O–H groups in total. The Labute approximate surface area is 151 Å². The van der Waals surface area contributed by atoms with E-state index in [2.05, 4.69) is 31.6 Å². The first kappa shape index (κ1) is 18.6. The van der Waals surface area contributed by atoms with Gasteiger partial charge in [0.25, 0.3) is 11.5 Å². The number of rotatable bonds is 5. The Kier molecular flexibility index (Phi) is 5.90. The van der Waals surface area contributed by atoms with Crippen molar-refractivity contribution in [3.05, 3.63) is 67.6 Å². The number of pyridine rings is 1. The molecule has 0 aliphatic heterocycles. The van der Waals surface area contributed by atoms with E-state index in [1.807, 2.05) is 0 Å². The van der Waals surface area contributed by atoms with Crippen molar-refractivity contribution in [3.8, 4) is 0 Å². The third kappa shape index (κ3) is 4.23. The molecule has 2 rings (SSSR count). The summed E-state index contributed by atoms with van der Waals surface area (Å²) in [6.45, 7) is 7.80. The Hall–Kier alpha value is -2.70. The maximum Gasteiger partial charge on any atom is 0.338 e. The van der Waals surface area contributed by atoms with Crippen LogP contribution in [0.5, 0.6) is 0 Å². The second-order valence-corrected chi connectivity index (χ2v) is 5.99. The van der Waals surface area contributed by atoms with Crippen molar-refractivity contribution in [2.75, 3.05) is 12.0 Å². The normalized spacial score (nSPS) is 10.2. The largest absolute Gasteiger partial charge is 0.352 e. The van der Waals surface area contributed by atoms with E-state index >= 15 is 0 Å². The van der Waals surface area contributed by atoms with Crippen LogP contribution in [0, 0.1) is 19.3 Å². The van der Waals surface area contributed by atoms with Crippen molar-refractivity contribution < 1.29 is 14.0 Å². The van der Waals surface area contributed by atoms with Crippen LogP contribution < -0.4 is 16.4 Å². The molecule has 1 heterocycles. The summed E-state index contributed by atoms with van der Waals surface area (Å²) >= 11 is 3.16. The lowest BCUT2D eigenvalue weighted by atomic mass is 10.1. The van der Waals surface area contributed by atoms with Crippen LogP contribution in [-0.4, -0.2) is 17.2 Å². The standard InChI is InChI=1S/C16H14BrFN4O3/c1-9-14(20-13-5-4-10(17)6-12(13)18)11(7-22(3)16(9)24)15(23)21-25-8-19-2/h4-7,20H,8H2,1,3H3,(H,21,23).